The summed E-state index contributed by atoms with van der Waals surface area (Å²) < 4.78 is 3.10. The Bertz CT molecular complexity index is 1170. The van der Waals surface area contributed by atoms with Gasteiger partial charge in [0.15, 0.2) is 11.0 Å². The summed E-state index contributed by atoms with van der Waals surface area (Å²) in [6.07, 6.45) is 0. The van der Waals surface area contributed by atoms with Gasteiger partial charge >= 0.3 is 0 Å². The highest BCUT2D eigenvalue weighted by atomic mass is 35.5. The number of nitrogens with one attached hydrogen (secondary N) is 1. The number of benzene rings is 2. The number of carbonyl (C=O) groups excluding carboxylic acids is 1. The van der Waals surface area contributed by atoms with Crippen molar-refractivity contribution in [1.82, 2.24) is 14.8 Å². The molecule has 0 radical (unpaired) electrons. The Morgan fingerprint density at radius 1 is 1.21 bits per heavy atom. The topological polar surface area (TPSA) is 59.8 Å². The molecule has 5 nitrogen and oxygen atoms in total. The van der Waals surface area contributed by atoms with Crippen molar-refractivity contribution in [2.24, 2.45) is 7.05 Å². The molecule has 142 valence electrons. The fourth-order valence-corrected chi connectivity index (χ4v) is 4.72. The molecule has 0 aliphatic heterocycles. The molecule has 0 aliphatic carbocycles. The second kappa shape index (κ2) is 8.13. The fraction of sp³-hybridized carbons (Fsp3) is 0.105. The average Bonchev–Trinajstić information content (AvgIpc) is 3.26. The zero-order chi connectivity index (χ0) is 19.7. The minimum atomic E-state index is -0.195. The third-order valence-electron chi connectivity index (χ3n) is 4.09. The van der Waals surface area contributed by atoms with Gasteiger partial charge in [-0.2, -0.15) is 0 Å². The molecule has 0 unspecified atom stereocenters. The molecule has 0 fully saturated rings. The van der Waals surface area contributed by atoms with Crippen LogP contribution < -0.4 is 5.32 Å². The minimum absolute atomic E-state index is 0.180. The molecule has 0 saturated heterocycles. The highest BCUT2D eigenvalue weighted by Crippen LogP contribution is 2.34. The molecule has 2 aromatic heterocycles. The number of carbonyl (C=O) groups is 1. The molecule has 0 bridgehead atoms. The molecule has 1 N–H and O–H groups in total. The molecule has 0 aliphatic rings. The van der Waals surface area contributed by atoms with E-state index in [0.717, 1.165) is 16.8 Å². The fourth-order valence-electron chi connectivity index (χ4n) is 2.74. The highest BCUT2D eigenvalue weighted by Gasteiger charge is 2.16. The van der Waals surface area contributed by atoms with Crippen LogP contribution in [0.5, 0.6) is 0 Å². The standard InChI is InChI=1S/C19H14Cl2N4OS2/c1-25-18(13-9-27-16-5-3-2-4-12(13)16)23-24-19(25)28-10-17(26)22-15-8-11(20)6-7-14(15)21/h2-9H,10H2,1H3,(H,22,26). The van der Waals surface area contributed by atoms with Crippen LogP contribution in [0.4, 0.5) is 5.69 Å². The van der Waals surface area contributed by atoms with Crippen LogP contribution >= 0.6 is 46.3 Å². The Morgan fingerprint density at radius 3 is 2.89 bits per heavy atom. The van der Waals surface area contributed by atoms with E-state index in [1.807, 2.05) is 23.7 Å². The van der Waals surface area contributed by atoms with Gasteiger partial charge in [-0.3, -0.25) is 4.79 Å². The van der Waals surface area contributed by atoms with Gasteiger partial charge in [-0.15, -0.1) is 21.5 Å². The third-order valence-corrected chi connectivity index (χ3v) is 6.64. The van der Waals surface area contributed by atoms with E-state index >= 15 is 0 Å². The molecular weight excluding hydrogens is 435 g/mol. The second-order valence-corrected chi connectivity index (χ2v) is 8.67. The summed E-state index contributed by atoms with van der Waals surface area (Å²) in [7, 11) is 1.90. The summed E-state index contributed by atoms with van der Waals surface area (Å²) in [6.45, 7) is 0. The van der Waals surface area contributed by atoms with E-state index in [-0.39, 0.29) is 11.7 Å². The van der Waals surface area contributed by atoms with E-state index in [2.05, 4.69) is 33.0 Å². The molecule has 28 heavy (non-hydrogen) atoms. The molecule has 2 heterocycles. The Balaban J connectivity index is 1.48. The van der Waals surface area contributed by atoms with Crippen molar-refractivity contribution in [3.8, 4) is 11.4 Å². The number of thiophene rings is 1. The van der Waals surface area contributed by atoms with E-state index in [1.54, 1.807) is 29.5 Å². The van der Waals surface area contributed by atoms with Crippen molar-refractivity contribution in [2.75, 3.05) is 11.1 Å². The van der Waals surface area contributed by atoms with Crippen LogP contribution in [0.2, 0.25) is 10.0 Å². The van der Waals surface area contributed by atoms with Gasteiger partial charge in [0.2, 0.25) is 5.91 Å². The van der Waals surface area contributed by atoms with Crippen LogP contribution in [-0.2, 0) is 11.8 Å². The first-order chi connectivity index (χ1) is 13.5. The predicted molar refractivity (Wildman–Crippen MR) is 118 cm³/mol. The lowest BCUT2D eigenvalue weighted by Crippen LogP contribution is -2.14. The Hall–Kier alpha value is -2.06. The lowest BCUT2D eigenvalue weighted by Gasteiger charge is -2.07. The number of fused-ring (bicyclic) bond motifs is 1. The van der Waals surface area contributed by atoms with Gasteiger partial charge in [0.1, 0.15) is 0 Å². The van der Waals surface area contributed by atoms with Crippen LogP contribution in [-0.4, -0.2) is 26.4 Å². The maximum absolute atomic E-state index is 12.3. The van der Waals surface area contributed by atoms with E-state index in [1.165, 1.54) is 16.5 Å². The first-order valence-corrected chi connectivity index (χ1v) is 10.9. The smallest absolute Gasteiger partial charge is 0.234 e. The zero-order valence-electron chi connectivity index (χ0n) is 14.6. The van der Waals surface area contributed by atoms with E-state index in [0.29, 0.717) is 20.9 Å². The summed E-state index contributed by atoms with van der Waals surface area (Å²) in [5.74, 6) is 0.761. The number of aromatic nitrogens is 3. The quantitative estimate of drug-likeness (QED) is 0.395. The van der Waals surface area contributed by atoms with Crippen LogP contribution in [0.3, 0.4) is 0 Å². The van der Waals surface area contributed by atoms with Gasteiger partial charge in [0.25, 0.3) is 0 Å². The maximum Gasteiger partial charge on any atom is 0.234 e. The number of amides is 1. The highest BCUT2D eigenvalue weighted by molar-refractivity contribution is 7.99. The van der Waals surface area contributed by atoms with Gasteiger partial charge in [0, 0.05) is 33.1 Å². The number of hydrogen-bond donors (Lipinski definition) is 1. The Kier molecular flexibility index (Phi) is 5.59. The minimum Gasteiger partial charge on any atom is -0.324 e. The number of halogens is 2. The molecule has 0 spiro atoms. The van der Waals surface area contributed by atoms with Gasteiger partial charge in [-0.1, -0.05) is 53.2 Å². The van der Waals surface area contributed by atoms with Crippen LogP contribution in [0.25, 0.3) is 21.5 Å². The number of nitrogens with zero attached hydrogens (tertiary/aromatic N) is 3. The van der Waals surface area contributed by atoms with Gasteiger partial charge in [0.05, 0.1) is 16.5 Å². The summed E-state index contributed by atoms with van der Waals surface area (Å²) in [5, 5.41) is 16.2. The molecule has 1 amide bonds. The Morgan fingerprint density at radius 2 is 2.04 bits per heavy atom. The number of rotatable bonds is 5. The summed E-state index contributed by atoms with van der Waals surface area (Å²) in [4.78, 5) is 12.3. The number of hydrogen-bond acceptors (Lipinski definition) is 5. The molecule has 4 aromatic rings. The van der Waals surface area contributed by atoms with Crippen molar-refractivity contribution < 1.29 is 4.79 Å². The Labute approximate surface area is 179 Å². The van der Waals surface area contributed by atoms with Crippen LogP contribution in [0, 0.1) is 0 Å². The normalized spacial score (nSPS) is 11.1. The SMILES string of the molecule is Cn1c(SCC(=O)Nc2cc(Cl)ccc2Cl)nnc1-c1csc2ccccc12. The van der Waals surface area contributed by atoms with Crippen molar-refractivity contribution in [3.05, 3.63) is 57.9 Å². The molecule has 9 heteroatoms. The lowest BCUT2D eigenvalue weighted by molar-refractivity contribution is -0.113. The van der Waals surface area contributed by atoms with E-state index < -0.39 is 0 Å². The van der Waals surface area contributed by atoms with Crippen molar-refractivity contribution >= 4 is 68.0 Å². The molecule has 4 rings (SSSR count). The number of thioether (sulfide) groups is 1. The van der Waals surface area contributed by atoms with Crippen molar-refractivity contribution in [2.45, 2.75) is 5.16 Å². The summed E-state index contributed by atoms with van der Waals surface area (Å²) in [5.41, 5.74) is 1.53. The molecule has 0 atom stereocenters. The number of anilines is 1. The van der Waals surface area contributed by atoms with E-state index in [4.69, 9.17) is 23.2 Å². The first kappa shape index (κ1) is 19.3. The second-order valence-electron chi connectivity index (χ2n) is 5.97. The molecule has 0 saturated carbocycles. The summed E-state index contributed by atoms with van der Waals surface area (Å²) in [6, 6.07) is 13.1. The van der Waals surface area contributed by atoms with Crippen molar-refractivity contribution in [3.63, 3.8) is 0 Å². The van der Waals surface area contributed by atoms with Crippen LogP contribution in [0.1, 0.15) is 0 Å². The van der Waals surface area contributed by atoms with Crippen molar-refractivity contribution in [1.29, 1.82) is 0 Å². The van der Waals surface area contributed by atoms with E-state index in [9.17, 15) is 4.79 Å². The third kappa shape index (κ3) is 3.89. The zero-order valence-corrected chi connectivity index (χ0v) is 17.8. The largest absolute Gasteiger partial charge is 0.324 e. The maximum atomic E-state index is 12.3. The summed E-state index contributed by atoms with van der Waals surface area (Å²) >= 11 is 15.0. The predicted octanol–water partition coefficient (Wildman–Crippen LogP) is 5.73. The lowest BCUT2D eigenvalue weighted by atomic mass is 10.2. The van der Waals surface area contributed by atoms with Gasteiger partial charge < -0.3 is 9.88 Å². The van der Waals surface area contributed by atoms with Gasteiger partial charge in [-0.25, -0.2) is 0 Å². The first-order valence-electron chi connectivity index (χ1n) is 8.26. The van der Waals surface area contributed by atoms with Gasteiger partial charge in [-0.05, 0) is 24.3 Å². The molecular formula is C19H14Cl2N4OS2. The average molecular weight is 449 g/mol. The van der Waals surface area contributed by atoms with Crippen LogP contribution in [0.15, 0.2) is 53.0 Å². The monoisotopic (exact) mass is 448 g/mol. The molecule has 2 aromatic carbocycles.